The van der Waals surface area contributed by atoms with E-state index in [1.54, 1.807) is 0 Å². The van der Waals surface area contributed by atoms with E-state index >= 15 is 0 Å². The maximum Gasteiger partial charge on any atom is 0.321 e. The molecule has 1 aliphatic rings. The number of nitrogens with one attached hydrogen (secondary N) is 1. The number of benzene rings is 2. The van der Waals surface area contributed by atoms with E-state index in [-0.39, 0.29) is 6.03 Å². The SMILES string of the molecule is Cc1cc(N2CCN(C(=O)Nc3ccc(OCc4ccccc4)cc3)CC2)no1. The molecule has 1 aliphatic heterocycles. The molecule has 0 unspecified atom stereocenters. The van der Waals surface area contributed by atoms with Crippen molar-refractivity contribution in [3.05, 3.63) is 72.0 Å². The highest BCUT2D eigenvalue weighted by molar-refractivity contribution is 5.89. The minimum Gasteiger partial charge on any atom is -0.489 e. The van der Waals surface area contributed by atoms with E-state index in [1.165, 1.54) is 0 Å². The molecule has 0 aliphatic carbocycles. The van der Waals surface area contributed by atoms with E-state index in [0.717, 1.165) is 41.7 Å². The molecule has 0 atom stereocenters. The Bertz CT molecular complexity index is 932. The second kappa shape index (κ2) is 8.68. The molecular formula is C22H24N4O3. The minimum absolute atomic E-state index is 0.0982. The standard InChI is InChI=1S/C22H24N4O3/c1-17-15-21(24-29-17)25-11-13-26(14-12-25)22(27)23-19-7-9-20(10-8-19)28-16-18-5-3-2-4-6-18/h2-10,15H,11-14,16H2,1H3,(H,23,27). The highest BCUT2D eigenvalue weighted by Crippen LogP contribution is 2.19. The summed E-state index contributed by atoms with van der Waals surface area (Å²) >= 11 is 0. The van der Waals surface area contributed by atoms with E-state index in [1.807, 2.05) is 72.5 Å². The second-order valence-electron chi connectivity index (χ2n) is 7.00. The lowest BCUT2D eigenvalue weighted by atomic mass is 10.2. The van der Waals surface area contributed by atoms with E-state index < -0.39 is 0 Å². The fourth-order valence-electron chi connectivity index (χ4n) is 3.22. The Morgan fingerprint density at radius 1 is 1.07 bits per heavy atom. The third kappa shape index (κ3) is 4.87. The van der Waals surface area contributed by atoms with E-state index in [4.69, 9.17) is 9.26 Å². The van der Waals surface area contributed by atoms with Crippen LogP contribution in [0.1, 0.15) is 11.3 Å². The van der Waals surface area contributed by atoms with Crippen molar-refractivity contribution in [1.82, 2.24) is 10.1 Å². The first kappa shape index (κ1) is 18.9. The van der Waals surface area contributed by atoms with Crippen LogP contribution in [-0.2, 0) is 6.61 Å². The summed E-state index contributed by atoms with van der Waals surface area (Å²) in [6.45, 7) is 5.11. The van der Waals surface area contributed by atoms with Gasteiger partial charge >= 0.3 is 6.03 Å². The molecule has 7 nitrogen and oxygen atoms in total. The van der Waals surface area contributed by atoms with Gasteiger partial charge in [-0.2, -0.15) is 0 Å². The quantitative estimate of drug-likeness (QED) is 0.713. The number of ether oxygens (including phenoxy) is 1. The molecule has 150 valence electrons. The molecular weight excluding hydrogens is 368 g/mol. The molecule has 2 heterocycles. The van der Waals surface area contributed by atoms with Crippen molar-refractivity contribution in [2.45, 2.75) is 13.5 Å². The molecule has 2 amide bonds. The minimum atomic E-state index is -0.0982. The number of carbonyl (C=O) groups excluding carboxylic acids is 1. The predicted octanol–water partition coefficient (Wildman–Crippen LogP) is 3.92. The third-order valence-electron chi connectivity index (χ3n) is 4.86. The number of urea groups is 1. The summed E-state index contributed by atoms with van der Waals surface area (Å²) in [5, 5.41) is 6.99. The Labute approximate surface area is 169 Å². The van der Waals surface area contributed by atoms with Gasteiger partial charge in [0.05, 0.1) is 0 Å². The van der Waals surface area contributed by atoms with Crippen molar-refractivity contribution in [3.63, 3.8) is 0 Å². The van der Waals surface area contributed by atoms with E-state index in [0.29, 0.717) is 19.7 Å². The van der Waals surface area contributed by atoms with Crippen molar-refractivity contribution in [1.29, 1.82) is 0 Å². The molecule has 1 aromatic heterocycles. The number of hydrogen-bond acceptors (Lipinski definition) is 5. The molecule has 1 saturated heterocycles. The van der Waals surface area contributed by atoms with Crippen LogP contribution in [0.15, 0.2) is 65.2 Å². The Kier molecular flexibility index (Phi) is 5.65. The second-order valence-corrected chi connectivity index (χ2v) is 7.00. The fourth-order valence-corrected chi connectivity index (χ4v) is 3.22. The average Bonchev–Trinajstić information content (AvgIpc) is 3.20. The molecule has 7 heteroatoms. The van der Waals surface area contributed by atoms with Crippen LogP contribution in [0.25, 0.3) is 0 Å². The van der Waals surface area contributed by atoms with Crippen LogP contribution in [0.3, 0.4) is 0 Å². The first-order chi connectivity index (χ1) is 14.2. The van der Waals surface area contributed by atoms with Gasteiger partial charge in [-0.3, -0.25) is 0 Å². The summed E-state index contributed by atoms with van der Waals surface area (Å²) in [6.07, 6.45) is 0. The normalized spacial score (nSPS) is 14.0. The highest BCUT2D eigenvalue weighted by Gasteiger charge is 2.22. The van der Waals surface area contributed by atoms with Gasteiger partial charge < -0.3 is 24.4 Å². The Hall–Kier alpha value is -3.48. The summed E-state index contributed by atoms with van der Waals surface area (Å²) in [6, 6.07) is 19.3. The van der Waals surface area contributed by atoms with Crippen molar-refractivity contribution in [2.24, 2.45) is 0 Å². The van der Waals surface area contributed by atoms with Gasteiger partial charge in [-0.05, 0) is 36.8 Å². The van der Waals surface area contributed by atoms with Crippen molar-refractivity contribution in [3.8, 4) is 5.75 Å². The van der Waals surface area contributed by atoms with Crippen molar-refractivity contribution < 1.29 is 14.1 Å². The van der Waals surface area contributed by atoms with Gasteiger partial charge in [0, 0.05) is 37.9 Å². The van der Waals surface area contributed by atoms with Crippen molar-refractivity contribution in [2.75, 3.05) is 36.4 Å². The molecule has 1 N–H and O–H groups in total. The molecule has 4 rings (SSSR count). The topological polar surface area (TPSA) is 70.8 Å². The van der Waals surface area contributed by atoms with Crippen LogP contribution in [0.4, 0.5) is 16.3 Å². The molecule has 29 heavy (non-hydrogen) atoms. The predicted molar refractivity (Wildman–Crippen MR) is 111 cm³/mol. The number of aryl methyl sites for hydroxylation is 1. The van der Waals surface area contributed by atoms with Gasteiger partial charge in [-0.1, -0.05) is 35.5 Å². The molecule has 0 saturated carbocycles. The summed E-state index contributed by atoms with van der Waals surface area (Å²) in [7, 11) is 0. The number of nitrogens with zero attached hydrogens (tertiary/aromatic N) is 3. The summed E-state index contributed by atoms with van der Waals surface area (Å²) in [4.78, 5) is 16.5. The Morgan fingerprint density at radius 2 is 1.79 bits per heavy atom. The summed E-state index contributed by atoms with van der Waals surface area (Å²) < 4.78 is 10.9. The lowest BCUT2D eigenvalue weighted by Crippen LogP contribution is -2.50. The first-order valence-electron chi connectivity index (χ1n) is 9.68. The van der Waals surface area contributed by atoms with Crippen LogP contribution >= 0.6 is 0 Å². The Balaban J connectivity index is 1.25. The maximum absolute atomic E-state index is 12.5. The van der Waals surface area contributed by atoms with E-state index in [2.05, 4.69) is 15.4 Å². The molecule has 0 spiro atoms. The molecule has 3 aromatic rings. The average molecular weight is 392 g/mol. The molecule has 0 bridgehead atoms. The van der Waals surface area contributed by atoms with Gasteiger partial charge in [0.15, 0.2) is 5.82 Å². The lowest BCUT2D eigenvalue weighted by molar-refractivity contribution is 0.208. The number of rotatable bonds is 5. The van der Waals surface area contributed by atoms with Crippen molar-refractivity contribution >= 4 is 17.5 Å². The third-order valence-corrected chi connectivity index (χ3v) is 4.86. The van der Waals surface area contributed by atoms with Crippen LogP contribution in [0.5, 0.6) is 5.75 Å². The van der Waals surface area contributed by atoms with Crippen LogP contribution < -0.4 is 15.0 Å². The van der Waals surface area contributed by atoms with Gasteiger partial charge in [0.2, 0.25) is 0 Å². The number of carbonyl (C=O) groups is 1. The van der Waals surface area contributed by atoms with Crippen LogP contribution in [-0.4, -0.2) is 42.3 Å². The number of piperazine rings is 1. The van der Waals surface area contributed by atoms with Gasteiger partial charge in [-0.15, -0.1) is 0 Å². The summed E-state index contributed by atoms with van der Waals surface area (Å²) in [5.74, 6) is 2.38. The van der Waals surface area contributed by atoms with Crippen LogP contribution in [0.2, 0.25) is 0 Å². The molecule has 1 fully saturated rings. The molecule has 2 aromatic carbocycles. The van der Waals surface area contributed by atoms with E-state index in [9.17, 15) is 4.79 Å². The smallest absolute Gasteiger partial charge is 0.321 e. The zero-order chi connectivity index (χ0) is 20.1. The zero-order valence-electron chi connectivity index (χ0n) is 16.4. The maximum atomic E-state index is 12.5. The number of aromatic nitrogens is 1. The number of amides is 2. The van der Waals surface area contributed by atoms with Gasteiger partial charge in [0.25, 0.3) is 0 Å². The zero-order valence-corrected chi connectivity index (χ0v) is 16.4. The summed E-state index contributed by atoms with van der Waals surface area (Å²) in [5.41, 5.74) is 1.86. The molecule has 0 radical (unpaired) electrons. The number of hydrogen-bond donors (Lipinski definition) is 1. The monoisotopic (exact) mass is 392 g/mol. The first-order valence-corrected chi connectivity index (χ1v) is 9.68. The van der Waals surface area contributed by atoms with Gasteiger partial charge in [-0.25, -0.2) is 4.79 Å². The van der Waals surface area contributed by atoms with Gasteiger partial charge in [0.1, 0.15) is 18.1 Å². The number of anilines is 2. The largest absolute Gasteiger partial charge is 0.489 e. The highest BCUT2D eigenvalue weighted by atomic mass is 16.5. The lowest BCUT2D eigenvalue weighted by Gasteiger charge is -2.34. The van der Waals surface area contributed by atoms with Crippen LogP contribution in [0, 0.1) is 6.92 Å². The Morgan fingerprint density at radius 3 is 2.45 bits per heavy atom. The fraction of sp³-hybridized carbons (Fsp3) is 0.273.